The quantitative estimate of drug-likeness (QED) is 0.355. The Morgan fingerprint density at radius 1 is 1.12 bits per heavy atom. The number of carbonyl (C=O) groups is 3. The highest BCUT2D eigenvalue weighted by molar-refractivity contribution is 5.83. The van der Waals surface area contributed by atoms with Crippen LogP contribution in [0.2, 0.25) is 0 Å². The van der Waals surface area contributed by atoms with Crippen molar-refractivity contribution in [1.29, 1.82) is 0 Å². The molecule has 1 atom stereocenters. The molecular formula is C25H39FN2O5. The van der Waals surface area contributed by atoms with Crippen molar-refractivity contribution in [3.05, 3.63) is 35.1 Å². The summed E-state index contributed by atoms with van der Waals surface area (Å²) in [5, 5.41) is 2.73. The van der Waals surface area contributed by atoms with Gasteiger partial charge in [-0.3, -0.25) is 9.59 Å². The van der Waals surface area contributed by atoms with E-state index in [9.17, 15) is 18.8 Å². The number of carbonyl (C=O) groups excluding carboxylic acids is 3. The van der Waals surface area contributed by atoms with Crippen molar-refractivity contribution in [2.45, 2.75) is 78.9 Å². The van der Waals surface area contributed by atoms with E-state index in [1.807, 2.05) is 27.7 Å². The Bertz CT molecular complexity index is 791. The molecule has 0 unspecified atom stereocenters. The maximum atomic E-state index is 14.3. The number of nitrogens with one attached hydrogen (secondary N) is 1. The van der Waals surface area contributed by atoms with E-state index in [-0.39, 0.29) is 24.7 Å². The Kier molecular flexibility index (Phi) is 11.9. The zero-order chi connectivity index (χ0) is 25.0. The lowest BCUT2D eigenvalue weighted by atomic mass is 10.0. The molecule has 7 nitrogen and oxygen atoms in total. The summed E-state index contributed by atoms with van der Waals surface area (Å²) in [4.78, 5) is 37.9. The van der Waals surface area contributed by atoms with Crippen LogP contribution in [-0.2, 0) is 25.6 Å². The first-order chi connectivity index (χ1) is 15.4. The van der Waals surface area contributed by atoms with Gasteiger partial charge in [-0.25, -0.2) is 9.18 Å². The number of rotatable bonds is 12. The van der Waals surface area contributed by atoms with Gasteiger partial charge < -0.3 is 19.7 Å². The molecule has 33 heavy (non-hydrogen) atoms. The summed E-state index contributed by atoms with van der Waals surface area (Å²) in [7, 11) is 1.29. The lowest BCUT2D eigenvalue weighted by Gasteiger charge is -2.26. The molecule has 0 heterocycles. The van der Waals surface area contributed by atoms with E-state index in [0.717, 1.165) is 31.2 Å². The average molecular weight is 467 g/mol. The van der Waals surface area contributed by atoms with Gasteiger partial charge in [0.1, 0.15) is 11.4 Å². The van der Waals surface area contributed by atoms with E-state index in [2.05, 4.69) is 10.1 Å². The lowest BCUT2D eigenvalue weighted by Crippen LogP contribution is -2.36. The number of amides is 2. The molecule has 0 spiro atoms. The van der Waals surface area contributed by atoms with Crippen LogP contribution in [0, 0.1) is 18.7 Å². The van der Waals surface area contributed by atoms with Crippen molar-refractivity contribution >= 4 is 18.0 Å². The molecule has 1 N–H and O–H groups in total. The minimum absolute atomic E-state index is 0.0154. The van der Waals surface area contributed by atoms with Gasteiger partial charge in [-0.1, -0.05) is 37.5 Å². The molecule has 0 aliphatic carbocycles. The summed E-state index contributed by atoms with van der Waals surface area (Å²) >= 11 is 0. The molecule has 186 valence electrons. The maximum Gasteiger partial charge on any atom is 0.407 e. The molecule has 1 aromatic rings. The molecule has 0 saturated carbocycles. The first-order valence-electron chi connectivity index (χ1n) is 11.5. The first kappa shape index (κ1) is 28.4. The van der Waals surface area contributed by atoms with Crippen molar-refractivity contribution in [1.82, 2.24) is 10.2 Å². The number of aryl methyl sites for hydroxylation is 1. The number of ether oxygens (including phenoxy) is 2. The molecule has 0 saturated heterocycles. The van der Waals surface area contributed by atoms with Crippen LogP contribution in [0.4, 0.5) is 9.18 Å². The Morgan fingerprint density at radius 2 is 1.79 bits per heavy atom. The highest BCUT2D eigenvalue weighted by Crippen LogP contribution is 2.17. The summed E-state index contributed by atoms with van der Waals surface area (Å²) in [6.45, 7) is 10.1. The van der Waals surface area contributed by atoms with Gasteiger partial charge in [-0.2, -0.15) is 0 Å². The third kappa shape index (κ3) is 11.7. The zero-order valence-corrected chi connectivity index (χ0v) is 20.8. The molecule has 0 fully saturated rings. The van der Waals surface area contributed by atoms with Crippen LogP contribution in [0.15, 0.2) is 18.2 Å². The number of unbranched alkanes of at least 4 members (excludes halogenated alkanes) is 3. The first-order valence-corrected chi connectivity index (χ1v) is 11.5. The number of hydrogen-bond acceptors (Lipinski definition) is 5. The Hall–Kier alpha value is -2.64. The third-order valence-corrected chi connectivity index (χ3v) is 5.02. The Morgan fingerprint density at radius 3 is 2.42 bits per heavy atom. The van der Waals surface area contributed by atoms with E-state index in [1.54, 1.807) is 24.0 Å². The lowest BCUT2D eigenvalue weighted by molar-refractivity contribution is -0.146. The number of methoxy groups -OCH3 is 1. The Balaban J connectivity index is 2.59. The van der Waals surface area contributed by atoms with Gasteiger partial charge in [0.2, 0.25) is 5.91 Å². The molecule has 0 aliphatic rings. The zero-order valence-electron chi connectivity index (χ0n) is 20.8. The van der Waals surface area contributed by atoms with Crippen LogP contribution in [0.5, 0.6) is 0 Å². The van der Waals surface area contributed by atoms with Crippen molar-refractivity contribution in [3.8, 4) is 0 Å². The number of alkyl carbamates (subject to hydrolysis) is 1. The summed E-state index contributed by atoms with van der Waals surface area (Å²) in [5.41, 5.74) is 0.844. The van der Waals surface area contributed by atoms with Crippen LogP contribution in [0.1, 0.15) is 70.9 Å². The Labute approximate surface area is 197 Å². The standard InChI is InChI=1S/C25H39FN2O5/c1-18-11-12-21(26)20(15-18)17-28(23(30)19(2)16-22(29)32-6)14-10-8-7-9-13-27-24(31)33-25(3,4)5/h11-12,15,19H,7-10,13-14,16-17H2,1-6H3,(H,27,31)/t19-/m1/s1. The molecule has 1 aromatic carbocycles. The van der Waals surface area contributed by atoms with E-state index in [0.29, 0.717) is 18.7 Å². The van der Waals surface area contributed by atoms with Gasteiger partial charge in [-0.15, -0.1) is 0 Å². The third-order valence-electron chi connectivity index (χ3n) is 5.02. The SMILES string of the molecule is COC(=O)C[C@@H](C)C(=O)N(CCCCCCNC(=O)OC(C)(C)C)Cc1cc(C)ccc1F. The number of halogens is 1. The average Bonchev–Trinajstić information content (AvgIpc) is 2.72. The maximum absolute atomic E-state index is 14.3. The predicted molar refractivity (Wildman–Crippen MR) is 125 cm³/mol. The van der Waals surface area contributed by atoms with Crippen LogP contribution in [-0.4, -0.2) is 48.7 Å². The number of esters is 1. The minimum atomic E-state index is -0.552. The number of hydrogen-bond donors (Lipinski definition) is 1. The van der Waals surface area contributed by atoms with Crippen molar-refractivity contribution in [2.75, 3.05) is 20.2 Å². The summed E-state index contributed by atoms with van der Waals surface area (Å²) in [6, 6.07) is 4.84. The van der Waals surface area contributed by atoms with Gasteiger partial charge >= 0.3 is 12.1 Å². The molecule has 0 bridgehead atoms. The van der Waals surface area contributed by atoms with E-state index in [1.165, 1.54) is 13.2 Å². The molecule has 2 amide bonds. The smallest absolute Gasteiger partial charge is 0.407 e. The summed E-state index contributed by atoms with van der Waals surface area (Å²) in [6.07, 6.45) is 2.79. The van der Waals surface area contributed by atoms with Gasteiger partial charge in [0.05, 0.1) is 13.5 Å². The normalized spacial score (nSPS) is 12.1. The van der Waals surface area contributed by atoms with Gasteiger partial charge in [0.15, 0.2) is 0 Å². The van der Waals surface area contributed by atoms with Gasteiger partial charge in [0.25, 0.3) is 0 Å². The summed E-state index contributed by atoms with van der Waals surface area (Å²) in [5.74, 6) is -1.56. The fraction of sp³-hybridized carbons (Fsp3) is 0.640. The second-order valence-electron chi connectivity index (χ2n) is 9.38. The monoisotopic (exact) mass is 466 g/mol. The topological polar surface area (TPSA) is 84.9 Å². The minimum Gasteiger partial charge on any atom is -0.469 e. The second kappa shape index (κ2) is 13.8. The number of benzene rings is 1. The molecule has 0 aromatic heterocycles. The second-order valence-corrected chi connectivity index (χ2v) is 9.38. The van der Waals surface area contributed by atoms with Crippen molar-refractivity contribution in [2.24, 2.45) is 5.92 Å². The number of nitrogens with zero attached hydrogens (tertiary/aromatic N) is 1. The van der Waals surface area contributed by atoms with Gasteiger partial charge in [-0.05, 0) is 46.6 Å². The fourth-order valence-electron chi connectivity index (χ4n) is 3.32. The van der Waals surface area contributed by atoms with Crippen molar-refractivity contribution in [3.63, 3.8) is 0 Å². The predicted octanol–water partition coefficient (Wildman–Crippen LogP) is 4.75. The van der Waals surface area contributed by atoms with Crippen LogP contribution >= 0.6 is 0 Å². The van der Waals surface area contributed by atoms with Crippen molar-refractivity contribution < 1.29 is 28.2 Å². The molecule has 0 aliphatic heterocycles. The molecule has 0 radical (unpaired) electrons. The molecular weight excluding hydrogens is 427 g/mol. The van der Waals surface area contributed by atoms with E-state index >= 15 is 0 Å². The highest BCUT2D eigenvalue weighted by atomic mass is 19.1. The highest BCUT2D eigenvalue weighted by Gasteiger charge is 2.24. The molecule has 8 heteroatoms. The van der Waals surface area contributed by atoms with E-state index < -0.39 is 23.6 Å². The van der Waals surface area contributed by atoms with E-state index in [4.69, 9.17) is 4.74 Å². The van der Waals surface area contributed by atoms with Crippen LogP contribution in [0.25, 0.3) is 0 Å². The largest absolute Gasteiger partial charge is 0.469 e. The van der Waals surface area contributed by atoms with Crippen LogP contribution < -0.4 is 5.32 Å². The summed E-state index contributed by atoms with van der Waals surface area (Å²) < 4.78 is 24.2. The van der Waals surface area contributed by atoms with Crippen LogP contribution in [0.3, 0.4) is 0 Å². The molecule has 1 rings (SSSR count). The van der Waals surface area contributed by atoms with Gasteiger partial charge in [0, 0.05) is 31.1 Å². The fourth-order valence-corrected chi connectivity index (χ4v) is 3.32.